The molecule has 0 radical (unpaired) electrons. The van der Waals surface area contributed by atoms with Crippen LogP contribution in [0.15, 0.2) is 52.9 Å². The molecule has 0 aliphatic carbocycles. The summed E-state index contributed by atoms with van der Waals surface area (Å²) >= 11 is 17.5. The summed E-state index contributed by atoms with van der Waals surface area (Å²) in [7, 11) is 0. The van der Waals surface area contributed by atoms with E-state index in [1.165, 1.54) is 0 Å². The Morgan fingerprint density at radius 2 is 1.67 bits per heavy atom. The number of para-hydroxylation sites is 1. The van der Waals surface area contributed by atoms with E-state index in [4.69, 9.17) is 39.8 Å². The van der Waals surface area contributed by atoms with Gasteiger partial charge in [0.05, 0.1) is 10.0 Å². The summed E-state index contributed by atoms with van der Waals surface area (Å²) < 4.78 is 5.62. The van der Waals surface area contributed by atoms with Gasteiger partial charge in [-0.15, -0.1) is 0 Å². The first-order valence-electron chi connectivity index (χ1n) is 8.09. The van der Waals surface area contributed by atoms with Crippen molar-refractivity contribution in [3.8, 4) is 11.3 Å². The molecule has 7 heteroatoms. The number of amides is 1. The number of anilines is 1. The van der Waals surface area contributed by atoms with Gasteiger partial charge in [-0.05, 0) is 61.5 Å². The molecule has 1 heterocycles. The van der Waals surface area contributed by atoms with E-state index in [2.05, 4.69) is 10.6 Å². The van der Waals surface area contributed by atoms with Crippen molar-refractivity contribution in [3.05, 3.63) is 75.5 Å². The molecule has 0 fully saturated rings. The lowest BCUT2D eigenvalue weighted by atomic mass is 10.1. The van der Waals surface area contributed by atoms with E-state index in [0.29, 0.717) is 21.4 Å². The van der Waals surface area contributed by atoms with Gasteiger partial charge in [0.15, 0.2) is 10.9 Å². The highest BCUT2D eigenvalue weighted by molar-refractivity contribution is 7.80. The van der Waals surface area contributed by atoms with Crippen molar-refractivity contribution < 1.29 is 9.21 Å². The van der Waals surface area contributed by atoms with Crippen molar-refractivity contribution in [3.63, 3.8) is 0 Å². The molecule has 3 aromatic rings. The van der Waals surface area contributed by atoms with Gasteiger partial charge in [-0.3, -0.25) is 10.1 Å². The summed E-state index contributed by atoms with van der Waals surface area (Å²) in [5, 5.41) is 6.64. The van der Waals surface area contributed by atoms with E-state index in [-0.39, 0.29) is 10.9 Å². The number of aryl methyl sites for hydroxylation is 2. The Balaban J connectivity index is 1.73. The Morgan fingerprint density at radius 1 is 1.00 bits per heavy atom. The monoisotopic (exact) mass is 418 g/mol. The first-order valence-corrected chi connectivity index (χ1v) is 9.26. The van der Waals surface area contributed by atoms with Gasteiger partial charge in [-0.25, -0.2) is 0 Å². The maximum atomic E-state index is 12.4. The summed E-state index contributed by atoms with van der Waals surface area (Å²) in [6.07, 6.45) is 0. The fourth-order valence-electron chi connectivity index (χ4n) is 2.62. The van der Waals surface area contributed by atoms with Crippen molar-refractivity contribution in [2.24, 2.45) is 0 Å². The topological polar surface area (TPSA) is 54.3 Å². The summed E-state index contributed by atoms with van der Waals surface area (Å²) in [5.41, 5.74) is 3.54. The third-order valence-electron chi connectivity index (χ3n) is 3.99. The molecular weight excluding hydrogens is 403 g/mol. The zero-order valence-electron chi connectivity index (χ0n) is 14.6. The van der Waals surface area contributed by atoms with Crippen LogP contribution in [0.3, 0.4) is 0 Å². The Labute approximate surface area is 172 Å². The molecule has 0 spiro atoms. The molecule has 2 N–H and O–H groups in total. The number of nitrogens with one attached hydrogen (secondary N) is 2. The molecule has 2 aromatic carbocycles. The number of thiocarbonyl (C=S) groups is 1. The molecule has 0 aliphatic heterocycles. The molecule has 0 aliphatic rings. The van der Waals surface area contributed by atoms with Crippen LogP contribution in [0.2, 0.25) is 10.0 Å². The van der Waals surface area contributed by atoms with Crippen LogP contribution in [0.25, 0.3) is 11.3 Å². The number of carbonyl (C=O) groups excluding carboxylic acids is 1. The molecular formula is C20H16Cl2N2O2S. The zero-order chi connectivity index (χ0) is 19.6. The van der Waals surface area contributed by atoms with Gasteiger partial charge in [0.25, 0.3) is 5.91 Å². The van der Waals surface area contributed by atoms with Crippen molar-refractivity contribution in [1.82, 2.24) is 5.32 Å². The Hall–Kier alpha value is -2.34. The molecule has 0 saturated heterocycles. The highest BCUT2D eigenvalue weighted by Gasteiger charge is 2.16. The van der Waals surface area contributed by atoms with Crippen molar-refractivity contribution in [2.75, 3.05) is 5.32 Å². The summed E-state index contributed by atoms with van der Waals surface area (Å²) in [5.74, 6) is 0.108. The van der Waals surface area contributed by atoms with Gasteiger partial charge in [0, 0.05) is 11.3 Å². The van der Waals surface area contributed by atoms with Crippen LogP contribution in [0.4, 0.5) is 5.69 Å². The maximum Gasteiger partial charge on any atom is 0.293 e. The van der Waals surface area contributed by atoms with E-state index >= 15 is 0 Å². The van der Waals surface area contributed by atoms with Crippen molar-refractivity contribution >= 4 is 52.1 Å². The molecule has 0 bridgehead atoms. The van der Waals surface area contributed by atoms with E-state index in [1.54, 1.807) is 30.3 Å². The first-order chi connectivity index (χ1) is 12.9. The van der Waals surface area contributed by atoms with Crippen molar-refractivity contribution in [1.29, 1.82) is 0 Å². The van der Waals surface area contributed by atoms with Crippen LogP contribution < -0.4 is 10.6 Å². The molecule has 0 unspecified atom stereocenters. The maximum absolute atomic E-state index is 12.4. The molecule has 138 valence electrons. The Morgan fingerprint density at radius 3 is 2.37 bits per heavy atom. The number of benzene rings is 2. The second-order valence-corrected chi connectivity index (χ2v) is 7.13. The third kappa shape index (κ3) is 4.33. The van der Waals surface area contributed by atoms with Crippen LogP contribution in [-0.2, 0) is 0 Å². The standard InChI is InChI=1S/C20H16Cl2N2O2S/c1-11-5-3-6-12(2)18(11)23-20(27)24-19(25)16-10-9-15(26-16)13-7-4-8-14(21)17(13)22/h3-10H,1-2H3,(H2,23,24,25,27). The lowest BCUT2D eigenvalue weighted by Crippen LogP contribution is -2.34. The second-order valence-electron chi connectivity index (χ2n) is 5.94. The Kier molecular flexibility index (Phi) is 5.85. The van der Waals surface area contributed by atoms with Crippen LogP contribution in [0.5, 0.6) is 0 Å². The number of halogens is 2. The van der Waals surface area contributed by atoms with Gasteiger partial charge < -0.3 is 9.73 Å². The first kappa shape index (κ1) is 19.4. The number of carbonyl (C=O) groups is 1. The smallest absolute Gasteiger partial charge is 0.293 e. The molecule has 0 atom stereocenters. The van der Waals surface area contributed by atoms with Crippen LogP contribution >= 0.6 is 35.4 Å². The molecule has 1 amide bonds. The predicted octanol–water partition coefficient (Wildman–Crippen LogP) is 6.00. The minimum atomic E-state index is -0.455. The van der Waals surface area contributed by atoms with E-state index < -0.39 is 5.91 Å². The van der Waals surface area contributed by atoms with Gasteiger partial charge in [0.1, 0.15) is 5.76 Å². The average molecular weight is 419 g/mol. The number of furan rings is 1. The van der Waals surface area contributed by atoms with E-state index in [1.807, 2.05) is 32.0 Å². The quantitative estimate of drug-likeness (QED) is 0.512. The molecule has 0 saturated carbocycles. The van der Waals surface area contributed by atoms with Crippen molar-refractivity contribution in [2.45, 2.75) is 13.8 Å². The van der Waals surface area contributed by atoms with Gasteiger partial charge in [-0.1, -0.05) is 47.5 Å². The fourth-order valence-corrected chi connectivity index (χ4v) is 3.21. The lowest BCUT2D eigenvalue weighted by Gasteiger charge is -2.13. The number of rotatable bonds is 3. The summed E-state index contributed by atoms with van der Waals surface area (Å²) in [6.45, 7) is 3.93. The minimum Gasteiger partial charge on any atom is -0.451 e. The van der Waals surface area contributed by atoms with Crippen LogP contribution in [0.1, 0.15) is 21.7 Å². The third-order valence-corrected chi connectivity index (χ3v) is 5.02. The minimum absolute atomic E-state index is 0.117. The number of hydrogen-bond donors (Lipinski definition) is 2. The molecule has 4 nitrogen and oxygen atoms in total. The second kappa shape index (κ2) is 8.13. The summed E-state index contributed by atoms with van der Waals surface area (Å²) in [6, 6.07) is 14.3. The van der Waals surface area contributed by atoms with E-state index in [9.17, 15) is 4.79 Å². The number of hydrogen-bond acceptors (Lipinski definition) is 3. The van der Waals surface area contributed by atoms with E-state index in [0.717, 1.165) is 16.8 Å². The largest absolute Gasteiger partial charge is 0.451 e. The average Bonchev–Trinajstić information content (AvgIpc) is 3.11. The zero-order valence-corrected chi connectivity index (χ0v) is 16.9. The SMILES string of the molecule is Cc1cccc(C)c1NC(=S)NC(=O)c1ccc(-c2cccc(Cl)c2Cl)o1. The predicted molar refractivity (Wildman–Crippen MR) is 114 cm³/mol. The van der Waals surface area contributed by atoms with Crippen LogP contribution in [-0.4, -0.2) is 11.0 Å². The van der Waals surface area contributed by atoms with Gasteiger partial charge in [-0.2, -0.15) is 0 Å². The molecule has 1 aromatic heterocycles. The highest BCUT2D eigenvalue weighted by Crippen LogP contribution is 2.34. The fraction of sp³-hybridized carbons (Fsp3) is 0.100. The van der Waals surface area contributed by atoms with Gasteiger partial charge >= 0.3 is 0 Å². The highest BCUT2D eigenvalue weighted by atomic mass is 35.5. The molecule has 27 heavy (non-hydrogen) atoms. The van der Waals surface area contributed by atoms with Crippen LogP contribution in [0, 0.1) is 13.8 Å². The Bertz CT molecular complexity index is 1010. The van der Waals surface area contributed by atoms with Gasteiger partial charge in [0.2, 0.25) is 0 Å². The molecule has 3 rings (SSSR count). The normalized spacial score (nSPS) is 10.5. The lowest BCUT2D eigenvalue weighted by molar-refractivity contribution is 0.0951. The summed E-state index contributed by atoms with van der Waals surface area (Å²) in [4.78, 5) is 12.4.